The van der Waals surface area contributed by atoms with Crippen LogP contribution in [0, 0.1) is 6.92 Å². The monoisotopic (exact) mass is 374 g/mol. The fourth-order valence-corrected chi connectivity index (χ4v) is 3.52. The van der Waals surface area contributed by atoms with Crippen molar-refractivity contribution in [1.29, 1.82) is 0 Å². The third-order valence-corrected chi connectivity index (χ3v) is 4.99. The molecule has 0 aliphatic heterocycles. The Bertz CT molecular complexity index is 763. The largest absolute Gasteiger partial charge is 0.398 e. The maximum atomic E-state index is 12.3. The summed E-state index contributed by atoms with van der Waals surface area (Å²) in [5, 5.41) is 0.433. The number of nitrogens with two attached hydrogens (primary N) is 1. The molecule has 0 spiro atoms. The molecule has 2 aromatic carbocycles. The van der Waals surface area contributed by atoms with Gasteiger partial charge in [0, 0.05) is 9.50 Å². The van der Waals surface area contributed by atoms with E-state index in [9.17, 15) is 8.42 Å². The minimum Gasteiger partial charge on any atom is -0.398 e. The summed E-state index contributed by atoms with van der Waals surface area (Å²) in [5.74, 6) is 0. The summed E-state index contributed by atoms with van der Waals surface area (Å²) < 4.78 is 27.7. The number of rotatable bonds is 3. The summed E-state index contributed by atoms with van der Waals surface area (Å²) >= 11 is 9.13. The van der Waals surface area contributed by atoms with Crippen LogP contribution in [0.25, 0.3) is 0 Å². The van der Waals surface area contributed by atoms with Crippen molar-refractivity contribution in [2.75, 3.05) is 10.5 Å². The summed E-state index contributed by atoms with van der Waals surface area (Å²) in [6.45, 7) is 1.84. The van der Waals surface area contributed by atoms with Crippen LogP contribution in [0.1, 0.15) is 5.56 Å². The van der Waals surface area contributed by atoms with E-state index in [2.05, 4.69) is 20.7 Å². The SMILES string of the molecule is Cc1ccc(S(=O)(=O)Nc2cc(Cl)ccc2Br)c(N)c1. The number of nitrogens with one attached hydrogen (secondary N) is 1. The standard InChI is InChI=1S/C13H12BrClN2O2S/c1-8-2-5-13(11(16)6-8)20(18,19)17-12-7-9(15)3-4-10(12)14/h2-7,17H,16H2,1H3. The number of nitrogen functional groups attached to an aromatic ring is 1. The van der Waals surface area contributed by atoms with Crippen LogP contribution < -0.4 is 10.5 Å². The number of benzene rings is 2. The fourth-order valence-electron chi connectivity index (χ4n) is 1.69. The Hall–Kier alpha value is -1.24. The predicted octanol–water partition coefficient (Wildman–Crippen LogP) is 3.79. The lowest BCUT2D eigenvalue weighted by Gasteiger charge is -2.12. The number of hydrogen-bond acceptors (Lipinski definition) is 3. The van der Waals surface area contributed by atoms with Gasteiger partial charge in [0.05, 0.1) is 11.4 Å². The minimum absolute atomic E-state index is 0.0370. The lowest BCUT2D eigenvalue weighted by Crippen LogP contribution is -2.15. The summed E-state index contributed by atoms with van der Waals surface area (Å²) in [5.41, 5.74) is 7.23. The van der Waals surface area contributed by atoms with Crippen LogP contribution in [0.2, 0.25) is 5.02 Å². The molecule has 0 heterocycles. The first-order chi connectivity index (χ1) is 9.29. The van der Waals surface area contributed by atoms with Crippen LogP contribution in [0.4, 0.5) is 11.4 Å². The Morgan fingerprint density at radius 2 is 1.90 bits per heavy atom. The Morgan fingerprint density at radius 3 is 2.55 bits per heavy atom. The molecule has 2 aromatic rings. The van der Waals surface area contributed by atoms with Gasteiger partial charge < -0.3 is 5.73 Å². The highest BCUT2D eigenvalue weighted by Gasteiger charge is 2.18. The number of hydrogen-bond donors (Lipinski definition) is 2. The van der Waals surface area contributed by atoms with Gasteiger partial charge in [0.25, 0.3) is 10.0 Å². The van der Waals surface area contributed by atoms with Gasteiger partial charge in [-0.05, 0) is 58.7 Å². The van der Waals surface area contributed by atoms with E-state index in [1.165, 1.54) is 12.1 Å². The van der Waals surface area contributed by atoms with Gasteiger partial charge in [0.15, 0.2) is 0 Å². The highest BCUT2D eigenvalue weighted by atomic mass is 79.9. The second-order valence-electron chi connectivity index (χ2n) is 4.27. The predicted molar refractivity (Wildman–Crippen MR) is 85.6 cm³/mol. The third kappa shape index (κ3) is 3.26. The average molecular weight is 376 g/mol. The Kier molecular flexibility index (Phi) is 4.27. The molecule has 0 radical (unpaired) electrons. The van der Waals surface area contributed by atoms with E-state index >= 15 is 0 Å². The molecule has 4 nitrogen and oxygen atoms in total. The van der Waals surface area contributed by atoms with Crippen molar-refractivity contribution in [1.82, 2.24) is 0 Å². The first-order valence-electron chi connectivity index (χ1n) is 5.63. The minimum atomic E-state index is -3.76. The van der Waals surface area contributed by atoms with E-state index in [1.54, 1.807) is 24.3 Å². The van der Waals surface area contributed by atoms with Crippen molar-refractivity contribution in [3.05, 3.63) is 51.5 Å². The molecular weight excluding hydrogens is 364 g/mol. The number of halogens is 2. The summed E-state index contributed by atoms with van der Waals surface area (Å²) in [6.07, 6.45) is 0. The first-order valence-corrected chi connectivity index (χ1v) is 8.29. The summed E-state index contributed by atoms with van der Waals surface area (Å²) in [7, 11) is -3.76. The lowest BCUT2D eigenvalue weighted by molar-refractivity contribution is 0.601. The first kappa shape index (κ1) is 15.2. The van der Waals surface area contributed by atoms with Gasteiger partial charge in [-0.1, -0.05) is 17.7 Å². The molecule has 0 aliphatic carbocycles. The van der Waals surface area contributed by atoms with Crippen molar-refractivity contribution < 1.29 is 8.42 Å². The molecule has 106 valence electrons. The summed E-state index contributed by atoms with van der Waals surface area (Å²) in [4.78, 5) is 0.0370. The maximum absolute atomic E-state index is 12.3. The molecule has 7 heteroatoms. The molecule has 2 rings (SSSR count). The van der Waals surface area contributed by atoms with Crippen LogP contribution >= 0.6 is 27.5 Å². The number of sulfonamides is 1. The highest BCUT2D eigenvalue weighted by molar-refractivity contribution is 9.10. The van der Waals surface area contributed by atoms with E-state index < -0.39 is 10.0 Å². The maximum Gasteiger partial charge on any atom is 0.263 e. The van der Waals surface area contributed by atoms with E-state index in [1.807, 2.05) is 6.92 Å². The van der Waals surface area contributed by atoms with Gasteiger partial charge in [-0.2, -0.15) is 0 Å². The van der Waals surface area contributed by atoms with Crippen molar-refractivity contribution in [2.24, 2.45) is 0 Å². The molecule has 0 aromatic heterocycles. The normalized spacial score (nSPS) is 11.3. The van der Waals surface area contributed by atoms with Crippen molar-refractivity contribution in [2.45, 2.75) is 11.8 Å². The zero-order chi connectivity index (χ0) is 14.9. The van der Waals surface area contributed by atoms with E-state index in [4.69, 9.17) is 17.3 Å². The van der Waals surface area contributed by atoms with Crippen LogP contribution in [0.15, 0.2) is 45.8 Å². The van der Waals surface area contributed by atoms with Gasteiger partial charge in [0.1, 0.15) is 4.90 Å². The number of aryl methyl sites for hydroxylation is 1. The van der Waals surface area contributed by atoms with Gasteiger partial charge in [-0.25, -0.2) is 8.42 Å². The van der Waals surface area contributed by atoms with Crippen molar-refractivity contribution in [3.8, 4) is 0 Å². The smallest absolute Gasteiger partial charge is 0.263 e. The molecule has 0 unspecified atom stereocenters. The average Bonchev–Trinajstić information content (AvgIpc) is 2.33. The van der Waals surface area contributed by atoms with Gasteiger partial charge in [-0.15, -0.1) is 0 Å². The molecule has 0 fully saturated rings. The molecule has 0 bridgehead atoms. The second-order valence-corrected chi connectivity index (χ2v) is 7.21. The molecule has 0 amide bonds. The quantitative estimate of drug-likeness (QED) is 0.802. The molecular formula is C13H12BrClN2O2S. The van der Waals surface area contributed by atoms with Crippen LogP contribution in [-0.2, 0) is 10.0 Å². The molecule has 0 atom stereocenters. The van der Waals surface area contributed by atoms with Gasteiger partial charge in [-0.3, -0.25) is 4.72 Å². The Labute approximate surface area is 131 Å². The number of anilines is 2. The van der Waals surface area contributed by atoms with Crippen LogP contribution in [0.3, 0.4) is 0 Å². The van der Waals surface area contributed by atoms with E-state index in [-0.39, 0.29) is 10.6 Å². The van der Waals surface area contributed by atoms with Crippen molar-refractivity contribution >= 4 is 48.9 Å². The van der Waals surface area contributed by atoms with Crippen LogP contribution in [-0.4, -0.2) is 8.42 Å². The Balaban J connectivity index is 2.43. The van der Waals surface area contributed by atoms with Crippen LogP contribution in [0.5, 0.6) is 0 Å². The van der Waals surface area contributed by atoms with Gasteiger partial charge in [0.2, 0.25) is 0 Å². The van der Waals surface area contributed by atoms with Crippen molar-refractivity contribution in [3.63, 3.8) is 0 Å². The molecule has 0 saturated heterocycles. The van der Waals surface area contributed by atoms with E-state index in [0.717, 1.165) is 5.56 Å². The molecule has 20 heavy (non-hydrogen) atoms. The summed E-state index contributed by atoms with van der Waals surface area (Å²) in [6, 6.07) is 9.63. The highest BCUT2D eigenvalue weighted by Crippen LogP contribution is 2.29. The fraction of sp³-hybridized carbons (Fsp3) is 0.0769. The van der Waals surface area contributed by atoms with E-state index in [0.29, 0.717) is 15.2 Å². The molecule has 0 saturated carbocycles. The third-order valence-electron chi connectivity index (χ3n) is 2.63. The lowest BCUT2D eigenvalue weighted by atomic mass is 10.2. The topological polar surface area (TPSA) is 72.2 Å². The molecule has 3 N–H and O–H groups in total. The van der Waals surface area contributed by atoms with Gasteiger partial charge >= 0.3 is 0 Å². The zero-order valence-corrected chi connectivity index (χ0v) is 13.7. The Morgan fingerprint density at radius 1 is 1.20 bits per heavy atom. The molecule has 0 aliphatic rings. The second kappa shape index (κ2) is 5.63. The zero-order valence-electron chi connectivity index (χ0n) is 10.5.